The summed E-state index contributed by atoms with van der Waals surface area (Å²) in [5, 5.41) is 10.9. The van der Waals surface area contributed by atoms with Crippen molar-refractivity contribution in [3.05, 3.63) is 59.5 Å². The average Bonchev–Trinajstić information content (AvgIpc) is 3.13. The Bertz CT molecular complexity index is 1190. The number of halogens is 4. The van der Waals surface area contributed by atoms with E-state index in [2.05, 4.69) is 10.3 Å². The summed E-state index contributed by atoms with van der Waals surface area (Å²) in [4.78, 5) is 26.5. The van der Waals surface area contributed by atoms with Crippen LogP contribution in [0.5, 0.6) is 0 Å². The van der Waals surface area contributed by atoms with Crippen LogP contribution >= 0.6 is 11.6 Å². The van der Waals surface area contributed by atoms with Crippen LogP contribution in [0.25, 0.3) is 16.8 Å². The first kappa shape index (κ1) is 25.5. The fraction of sp³-hybridized carbons (Fsp3) is 0.348. The molecule has 2 aromatic heterocycles. The van der Waals surface area contributed by atoms with E-state index in [0.29, 0.717) is 17.5 Å². The van der Waals surface area contributed by atoms with Gasteiger partial charge in [0.25, 0.3) is 5.91 Å². The third-order valence-corrected chi connectivity index (χ3v) is 5.36. The van der Waals surface area contributed by atoms with Gasteiger partial charge in [0.05, 0.1) is 16.8 Å². The minimum absolute atomic E-state index is 0.0759. The second-order valence-corrected chi connectivity index (χ2v) is 8.76. The van der Waals surface area contributed by atoms with Crippen molar-refractivity contribution in [3.8, 4) is 11.3 Å². The van der Waals surface area contributed by atoms with Crippen molar-refractivity contribution in [1.82, 2.24) is 14.7 Å². The highest BCUT2D eigenvalue weighted by Crippen LogP contribution is 2.28. The van der Waals surface area contributed by atoms with E-state index in [1.54, 1.807) is 0 Å². The van der Waals surface area contributed by atoms with Crippen molar-refractivity contribution in [2.24, 2.45) is 0 Å². The summed E-state index contributed by atoms with van der Waals surface area (Å²) < 4.78 is 39.3. The Kier molecular flexibility index (Phi) is 7.52. The molecule has 7 nitrogen and oxygen atoms in total. The van der Waals surface area contributed by atoms with Crippen molar-refractivity contribution >= 4 is 29.0 Å². The molecule has 182 valence electrons. The molecular formula is C23H23ClF3N3O4. The van der Waals surface area contributed by atoms with Crippen molar-refractivity contribution in [3.63, 3.8) is 0 Å². The van der Waals surface area contributed by atoms with Gasteiger partial charge in [0.15, 0.2) is 0 Å². The van der Waals surface area contributed by atoms with Crippen LogP contribution in [0.4, 0.5) is 13.2 Å². The molecule has 4 rings (SSSR count). The lowest BCUT2D eigenvalue weighted by Crippen LogP contribution is -2.46. The van der Waals surface area contributed by atoms with Crippen molar-refractivity contribution in [1.29, 1.82) is 0 Å². The lowest BCUT2D eigenvalue weighted by molar-refractivity contribution is -0.192. The van der Waals surface area contributed by atoms with E-state index in [1.807, 2.05) is 66.9 Å². The minimum atomic E-state index is -5.08. The lowest BCUT2D eigenvalue weighted by Gasteiger charge is -2.35. The third-order valence-electron chi connectivity index (χ3n) is 5.12. The van der Waals surface area contributed by atoms with Gasteiger partial charge in [0, 0.05) is 29.4 Å². The Hall–Kier alpha value is -3.11. The van der Waals surface area contributed by atoms with Crippen LogP contribution in [-0.2, 0) is 9.53 Å². The molecule has 1 aromatic carbocycles. The number of nitrogens with one attached hydrogen (secondary N) is 1. The number of pyridine rings is 1. The highest BCUT2D eigenvalue weighted by Gasteiger charge is 2.38. The summed E-state index contributed by atoms with van der Waals surface area (Å²) in [6.07, 6.45) is -1.64. The molecule has 3 heterocycles. The zero-order valence-corrected chi connectivity index (χ0v) is 19.2. The number of alkyl halides is 3. The number of benzene rings is 1. The van der Waals surface area contributed by atoms with E-state index in [-0.39, 0.29) is 17.6 Å². The first-order chi connectivity index (χ1) is 15.9. The van der Waals surface area contributed by atoms with Gasteiger partial charge >= 0.3 is 12.1 Å². The number of nitrogens with zero attached hydrogens (tertiary/aromatic N) is 2. The molecule has 1 saturated heterocycles. The summed E-state index contributed by atoms with van der Waals surface area (Å²) in [7, 11) is 0. The number of amides is 1. The number of fused-ring (bicyclic) bond motifs is 1. The standard InChI is InChI=1S/C21H22ClN3O2.C2HF3O2/c1-21(2)13-16(9-11-27-21)23-20(26)19-24-18(14-6-5-7-15(22)12-14)17-8-3-4-10-25(17)19;3-2(4,5)1(6)7/h3-8,10,12,16H,9,11,13H2,1-2H3,(H,23,26);(H,6,7). The van der Waals surface area contributed by atoms with Crippen LogP contribution in [-0.4, -0.2) is 50.8 Å². The van der Waals surface area contributed by atoms with Crippen LogP contribution in [0.1, 0.15) is 37.3 Å². The highest BCUT2D eigenvalue weighted by molar-refractivity contribution is 6.30. The van der Waals surface area contributed by atoms with Crippen molar-refractivity contribution < 1.29 is 32.6 Å². The zero-order chi connectivity index (χ0) is 25.1. The predicted molar refractivity (Wildman–Crippen MR) is 120 cm³/mol. The second kappa shape index (κ2) is 10.0. The zero-order valence-electron chi connectivity index (χ0n) is 18.4. The Morgan fingerprint density at radius 3 is 2.56 bits per heavy atom. The van der Waals surface area contributed by atoms with Crippen LogP contribution in [0.15, 0.2) is 48.7 Å². The molecule has 1 aliphatic heterocycles. The van der Waals surface area contributed by atoms with Gasteiger partial charge in [-0.15, -0.1) is 0 Å². The fourth-order valence-corrected chi connectivity index (χ4v) is 3.84. The number of aliphatic carboxylic acids is 1. The maximum absolute atomic E-state index is 13.0. The summed E-state index contributed by atoms with van der Waals surface area (Å²) in [5.41, 5.74) is 2.28. The summed E-state index contributed by atoms with van der Waals surface area (Å²) in [5.74, 6) is -2.55. The van der Waals surface area contributed by atoms with Crippen molar-refractivity contribution in [2.45, 2.75) is 44.5 Å². The summed E-state index contributed by atoms with van der Waals surface area (Å²) in [6, 6.07) is 13.4. The van der Waals surface area contributed by atoms with E-state index >= 15 is 0 Å². The molecule has 1 aliphatic rings. The van der Waals surface area contributed by atoms with Gasteiger partial charge in [0.2, 0.25) is 5.82 Å². The molecular weight excluding hydrogens is 475 g/mol. The maximum atomic E-state index is 13.0. The molecule has 0 aliphatic carbocycles. The number of carbonyl (C=O) groups is 2. The molecule has 0 radical (unpaired) electrons. The first-order valence-electron chi connectivity index (χ1n) is 10.4. The van der Waals surface area contributed by atoms with Gasteiger partial charge in [-0.25, -0.2) is 9.78 Å². The minimum Gasteiger partial charge on any atom is -0.475 e. The summed E-state index contributed by atoms with van der Waals surface area (Å²) >= 11 is 6.15. The molecule has 1 unspecified atom stereocenters. The smallest absolute Gasteiger partial charge is 0.475 e. The molecule has 3 aromatic rings. The number of imidazole rings is 1. The number of carboxylic acids is 1. The van der Waals surface area contributed by atoms with E-state index in [9.17, 15) is 18.0 Å². The van der Waals surface area contributed by atoms with Gasteiger partial charge in [-0.2, -0.15) is 13.2 Å². The number of ether oxygens (including phenoxy) is 1. The monoisotopic (exact) mass is 497 g/mol. The van der Waals surface area contributed by atoms with E-state index in [0.717, 1.165) is 29.6 Å². The topological polar surface area (TPSA) is 92.9 Å². The summed E-state index contributed by atoms with van der Waals surface area (Å²) in [6.45, 7) is 4.75. The van der Waals surface area contributed by atoms with Gasteiger partial charge in [-0.05, 0) is 51.0 Å². The first-order valence-corrected chi connectivity index (χ1v) is 10.7. The normalized spacial score (nSPS) is 17.5. The lowest BCUT2D eigenvalue weighted by atomic mass is 9.94. The van der Waals surface area contributed by atoms with E-state index in [1.165, 1.54) is 0 Å². The fourth-order valence-electron chi connectivity index (χ4n) is 3.65. The van der Waals surface area contributed by atoms with Crippen LogP contribution in [0.3, 0.4) is 0 Å². The molecule has 1 atom stereocenters. The Morgan fingerprint density at radius 1 is 1.24 bits per heavy atom. The van der Waals surface area contributed by atoms with Crippen molar-refractivity contribution in [2.75, 3.05) is 6.61 Å². The third kappa shape index (κ3) is 6.27. The average molecular weight is 498 g/mol. The molecule has 2 N–H and O–H groups in total. The Morgan fingerprint density at radius 2 is 1.94 bits per heavy atom. The quantitative estimate of drug-likeness (QED) is 0.532. The molecule has 1 fully saturated rings. The van der Waals surface area contributed by atoms with E-state index in [4.69, 9.17) is 26.2 Å². The number of carboxylic acid groups (broad SMARTS) is 1. The maximum Gasteiger partial charge on any atom is 0.490 e. The predicted octanol–water partition coefficient (Wildman–Crippen LogP) is 4.98. The number of hydrogen-bond donors (Lipinski definition) is 2. The van der Waals surface area contributed by atoms with Gasteiger partial charge in [0.1, 0.15) is 0 Å². The Labute approximate surface area is 198 Å². The van der Waals surface area contributed by atoms with E-state index < -0.39 is 12.1 Å². The molecule has 0 bridgehead atoms. The van der Waals surface area contributed by atoms with Gasteiger partial charge in [-0.3, -0.25) is 9.20 Å². The van der Waals surface area contributed by atoms with Gasteiger partial charge in [-0.1, -0.05) is 29.8 Å². The molecule has 0 spiro atoms. The molecule has 11 heteroatoms. The number of hydrogen-bond acceptors (Lipinski definition) is 4. The largest absolute Gasteiger partial charge is 0.490 e. The van der Waals surface area contributed by atoms with Gasteiger partial charge < -0.3 is 15.2 Å². The molecule has 1 amide bonds. The van der Waals surface area contributed by atoms with Crippen LogP contribution in [0.2, 0.25) is 5.02 Å². The van der Waals surface area contributed by atoms with Crippen LogP contribution in [0, 0.1) is 0 Å². The SMILES string of the molecule is CC1(C)CC(NC(=O)c2nc(-c3cccc(Cl)c3)c3ccccn23)CCO1.O=C(O)C(F)(F)F. The number of aromatic nitrogens is 2. The Balaban J connectivity index is 0.000000406. The number of carbonyl (C=O) groups excluding carboxylic acids is 1. The highest BCUT2D eigenvalue weighted by atomic mass is 35.5. The molecule has 34 heavy (non-hydrogen) atoms. The second-order valence-electron chi connectivity index (χ2n) is 8.32. The van der Waals surface area contributed by atoms with Crippen LogP contribution < -0.4 is 5.32 Å². The number of rotatable bonds is 3. The molecule has 0 saturated carbocycles.